The van der Waals surface area contributed by atoms with Gasteiger partial charge in [0.2, 0.25) is 0 Å². The molecule has 3 nitrogen and oxygen atoms in total. The van der Waals surface area contributed by atoms with E-state index >= 15 is 0 Å². The molecule has 0 saturated heterocycles. The van der Waals surface area contributed by atoms with Crippen LogP contribution in [0.3, 0.4) is 0 Å². The quantitative estimate of drug-likeness (QED) is 0.669. The van der Waals surface area contributed by atoms with Crippen LogP contribution < -0.4 is 11.5 Å². The molecule has 1 fully saturated rings. The van der Waals surface area contributed by atoms with Gasteiger partial charge in [0, 0.05) is 5.54 Å². The smallest absolute Gasteiger partial charge is 0.0649 e. The lowest BCUT2D eigenvalue weighted by atomic mass is 10.0. The van der Waals surface area contributed by atoms with Crippen LogP contribution in [0, 0.1) is 0 Å². The molecule has 0 bridgehead atoms. The summed E-state index contributed by atoms with van der Waals surface area (Å²) in [6.07, 6.45) is 9.61. The molecule has 3 heteroatoms. The Labute approximate surface area is 99.9 Å². The second kappa shape index (κ2) is 7.25. The topological polar surface area (TPSA) is 61.3 Å². The van der Waals surface area contributed by atoms with Crippen molar-refractivity contribution in [2.75, 3.05) is 13.2 Å². The lowest BCUT2D eigenvalue weighted by molar-refractivity contribution is 0.0105. The number of rotatable bonds is 8. The van der Waals surface area contributed by atoms with E-state index in [1.54, 1.807) is 0 Å². The van der Waals surface area contributed by atoms with Gasteiger partial charge in [-0.2, -0.15) is 0 Å². The van der Waals surface area contributed by atoms with E-state index in [2.05, 4.69) is 6.92 Å². The van der Waals surface area contributed by atoms with Crippen LogP contribution in [-0.4, -0.2) is 24.8 Å². The van der Waals surface area contributed by atoms with E-state index in [1.807, 2.05) is 0 Å². The molecule has 1 rings (SSSR count). The summed E-state index contributed by atoms with van der Waals surface area (Å²) in [5.74, 6) is 0. The van der Waals surface area contributed by atoms with Crippen LogP contribution in [0.5, 0.6) is 0 Å². The Balaban J connectivity index is 2.24. The summed E-state index contributed by atoms with van der Waals surface area (Å²) in [5, 5.41) is 0. The standard InChI is InChI=1S/C13H28N2O/c1-2-6-12(7-5-10-14)16-11-13(15)8-3-4-9-13/h12H,2-11,14-15H2,1H3. The zero-order chi connectivity index (χ0) is 11.9. The Morgan fingerprint density at radius 3 is 2.50 bits per heavy atom. The molecule has 1 atom stereocenters. The van der Waals surface area contributed by atoms with Crippen LogP contribution >= 0.6 is 0 Å². The average Bonchev–Trinajstić information content (AvgIpc) is 2.70. The molecule has 0 aromatic rings. The highest BCUT2D eigenvalue weighted by molar-refractivity contribution is 4.89. The summed E-state index contributed by atoms with van der Waals surface area (Å²) in [7, 11) is 0. The number of nitrogens with two attached hydrogens (primary N) is 2. The van der Waals surface area contributed by atoms with E-state index in [9.17, 15) is 0 Å². The first kappa shape index (κ1) is 13.9. The van der Waals surface area contributed by atoms with Crippen molar-refractivity contribution >= 4 is 0 Å². The minimum Gasteiger partial charge on any atom is -0.376 e. The van der Waals surface area contributed by atoms with Gasteiger partial charge < -0.3 is 16.2 Å². The van der Waals surface area contributed by atoms with Gasteiger partial charge in [0.25, 0.3) is 0 Å². The largest absolute Gasteiger partial charge is 0.376 e. The third kappa shape index (κ3) is 4.81. The van der Waals surface area contributed by atoms with Crippen molar-refractivity contribution in [2.24, 2.45) is 11.5 Å². The van der Waals surface area contributed by atoms with E-state index < -0.39 is 0 Å². The molecule has 0 radical (unpaired) electrons. The van der Waals surface area contributed by atoms with Gasteiger partial charge in [0.15, 0.2) is 0 Å². The van der Waals surface area contributed by atoms with Crippen molar-refractivity contribution in [1.82, 2.24) is 0 Å². The van der Waals surface area contributed by atoms with Crippen LogP contribution in [0.1, 0.15) is 58.3 Å². The molecule has 16 heavy (non-hydrogen) atoms. The lowest BCUT2D eigenvalue weighted by Crippen LogP contribution is -2.42. The van der Waals surface area contributed by atoms with Crippen molar-refractivity contribution < 1.29 is 4.74 Å². The molecule has 0 spiro atoms. The lowest BCUT2D eigenvalue weighted by Gasteiger charge is -2.27. The van der Waals surface area contributed by atoms with Crippen LogP contribution in [0.25, 0.3) is 0 Å². The van der Waals surface area contributed by atoms with Crippen molar-refractivity contribution in [1.29, 1.82) is 0 Å². The van der Waals surface area contributed by atoms with Gasteiger partial charge in [-0.25, -0.2) is 0 Å². The van der Waals surface area contributed by atoms with Crippen LogP contribution in [-0.2, 0) is 4.74 Å². The molecular weight excluding hydrogens is 200 g/mol. The summed E-state index contributed by atoms with van der Waals surface area (Å²) < 4.78 is 5.99. The third-order valence-electron chi connectivity index (χ3n) is 3.55. The van der Waals surface area contributed by atoms with E-state index in [0.717, 1.165) is 45.3 Å². The maximum absolute atomic E-state index is 6.28. The molecule has 0 aromatic heterocycles. The molecule has 0 heterocycles. The van der Waals surface area contributed by atoms with E-state index in [1.165, 1.54) is 19.3 Å². The molecule has 0 amide bonds. The SMILES string of the molecule is CCCC(CCCN)OCC1(N)CCCC1. The predicted octanol–water partition coefficient (Wildman–Crippen LogP) is 2.18. The highest BCUT2D eigenvalue weighted by Crippen LogP contribution is 2.28. The normalized spacial score (nSPS) is 21.2. The fourth-order valence-electron chi connectivity index (χ4n) is 2.49. The monoisotopic (exact) mass is 228 g/mol. The van der Waals surface area contributed by atoms with Gasteiger partial charge in [-0.15, -0.1) is 0 Å². The first-order chi connectivity index (χ1) is 7.70. The molecule has 1 aliphatic rings. The predicted molar refractivity (Wildman–Crippen MR) is 68.3 cm³/mol. The minimum atomic E-state index is -0.0330. The van der Waals surface area contributed by atoms with Crippen molar-refractivity contribution in [3.63, 3.8) is 0 Å². The second-order valence-electron chi connectivity index (χ2n) is 5.22. The number of ether oxygens (including phenoxy) is 1. The van der Waals surface area contributed by atoms with Gasteiger partial charge in [0.1, 0.15) is 0 Å². The minimum absolute atomic E-state index is 0.0330. The molecule has 1 aliphatic carbocycles. The van der Waals surface area contributed by atoms with Crippen molar-refractivity contribution in [3.05, 3.63) is 0 Å². The Morgan fingerprint density at radius 1 is 1.25 bits per heavy atom. The second-order valence-corrected chi connectivity index (χ2v) is 5.22. The summed E-state index contributed by atoms with van der Waals surface area (Å²) in [6.45, 7) is 3.70. The van der Waals surface area contributed by atoms with Crippen LogP contribution in [0.2, 0.25) is 0 Å². The van der Waals surface area contributed by atoms with Gasteiger partial charge in [-0.05, 0) is 38.6 Å². The fraction of sp³-hybridized carbons (Fsp3) is 1.00. The fourth-order valence-corrected chi connectivity index (χ4v) is 2.49. The van der Waals surface area contributed by atoms with Crippen molar-refractivity contribution in [2.45, 2.75) is 69.9 Å². The molecule has 0 aromatic carbocycles. The Hall–Kier alpha value is -0.120. The highest BCUT2D eigenvalue weighted by atomic mass is 16.5. The van der Waals surface area contributed by atoms with Gasteiger partial charge >= 0.3 is 0 Å². The maximum Gasteiger partial charge on any atom is 0.0649 e. The van der Waals surface area contributed by atoms with E-state index in [4.69, 9.17) is 16.2 Å². The first-order valence-corrected chi connectivity index (χ1v) is 6.81. The average molecular weight is 228 g/mol. The Morgan fingerprint density at radius 2 is 1.94 bits per heavy atom. The third-order valence-corrected chi connectivity index (χ3v) is 3.55. The highest BCUT2D eigenvalue weighted by Gasteiger charge is 2.30. The van der Waals surface area contributed by atoms with Crippen molar-refractivity contribution in [3.8, 4) is 0 Å². The summed E-state index contributed by atoms with van der Waals surface area (Å²) in [4.78, 5) is 0. The first-order valence-electron chi connectivity index (χ1n) is 6.81. The maximum atomic E-state index is 6.28. The van der Waals surface area contributed by atoms with Gasteiger partial charge in [-0.1, -0.05) is 26.2 Å². The zero-order valence-electron chi connectivity index (χ0n) is 10.7. The molecule has 1 saturated carbocycles. The number of hydrogen-bond donors (Lipinski definition) is 2. The molecule has 1 unspecified atom stereocenters. The van der Waals surface area contributed by atoms with E-state index in [-0.39, 0.29) is 5.54 Å². The Bertz CT molecular complexity index is 179. The summed E-state index contributed by atoms with van der Waals surface area (Å²) in [6, 6.07) is 0. The van der Waals surface area contributed by atoms with E-state index in [0.29, 0.717) is 6.10 Å². The molecule has 96 valence electrons. The van der Waals surface area contributed by atoms with Crippen LogP contribution in [0.15, 0.2) is 0 Å². The molecule has 0 aliphatic heterocycles. The summed E-state index contributed by atoms with van der Waals surface area (Å²) in [5.41, 5.74) is 11.8. The van der Waals surface area contributed by atoms with Crippen LogP contribution in [0.4, 0.5) is 0 Å². The molecule has 4 N–H and O–H groups in total. The summed E-state index contributed by atoms with van der Waals surface area (Å²) >= 11 is 0. The Kier molecular flexibility index (Phi) is 6.32. The molecular formula is C13H28N2O. The van der Waals surface area contributed by atoms with Gasteiger partial charge in [0.05, 0.1) is 12.7 Å². The van der Waals surface area contributed by atoms with Gasteiger partial charge in [-0.3, -0.25) is 0 Å². The zero-order valence-corrected chi connectivity index (χ0v) is 10.7. The number of hydrogen-bond acceptors (Lipinski definition) is 3.